The second kappa shape index (κ2) is 4.43. The van der Waals surface area contributed by atoms with E-state index in [-0.39, 0.29) is 0 Å². The fourth-order valence-electron chi connectivity index (χ4n) is 2.87. The van der Waals surface area contributed by atoms with Gasteiger partial charge in [-0.1, -0.05) is 26.7 Å². The van der Waals surface area contributed by atoms with Crippen molar-refractivity contribution < 1.29 is 0 Å². The lowest BCUT2D eigenvalue weighted by Crippen LogP contribution is -2.45. The topological polar surface area (TPSA) is 52.0 Å². The Balaban J connectivity index is 2.63. The Morgan fingerprint density at radius 2 is 1.85 bits per heavy atom. The Bertz CT molecular complexity index is 147. The van der Waals surface area contributed by atoms with Crippen molar-refractivity contribution in [1.82, 2.24) is 0 Å². The minimum absolute atomic E-state index is 0.549. The lowest BCUT2D eigenvalue weighted by atomic mass is 9.56. The molecule has 0 aromatic rings. The van der Waals surface area contributed by atoms with Gasteiger partial charge in [0, 0.05) is 0 Å². The highest BCUT2D eigenvalue weighted by Crippen LogP contribution is 2.51. The number of hydrogen-bond donors (Lipinski definition) is 2. The second-order valence-corrected chi connectivity index (χ2v) is 4.62. The molecule has 4 N–H and O–H groups in total. The first-order valence-corrected chi connectivity index (χ1v) is 5.60. The molecule has 0 bridgehead atoms. The molecular weight excluding hydrogens is 160 g/mol. The largest absolute Gasteiger partial charge is 0.330 e. The molecule has 2 nitrogen and oxygen atoms in total. The van der Waals surface area contributed by atoms with Gasteiger partial charge in [-0.05, 0) is 43.2 Å². The van der Waals surface area contributed by atoms with Gasteiger partial charge in [-0.15, -0.1) is 0 Å². The lowest BCUT2D eigenvalue weighted by molar-refractivity contribution is 0.0196. The summed E-state index contributed by atoms with van der Waals surface area (Å²) in [4.78, 5) is 0. The van der Waals surface area contributed by atoms with Crippen LogP contribution in [0.15, 0.2) is 0 Å². The van der Waals surface area contributed by atoms with Crippen LogP contribution in [0.5, 0.6) is 0 Å². The Kier molecular flexibility index (Phi) is 3.74. The van der Waals surface area contributed by atoms with Crippen LogP contribution in [-0.2, 0) is 0 Å². The van der Waals surface area contributed by atoms with Crippen LogP contribution in [-0.4, -0.2) is 13.1 Å². The van der Waals surface area contributed by atoms with Gasteiger partial charge in [-0.2, -0.15) is 0 Å². The normalized spacial score (nSPS) is 24.9. The van der Waals surface area contributed by atoms with Crippen LogP contribution < -0.4 is 11.5 Å². The van der Waals surface area contributed by atoms with Gasteiger partial charge in [0.15, 0.2) is 0 Å². The van der Waals surface area contributed by atoms with E-state index in [1.165, 1.54) is 25.7 Å². The van der Waals surface area contributed by atoms with E-state index in [1.807, 2.05) is 0 Å². The molecule has 0 radical (unpaired) electrons. The Labute approximate surface area is 82.1 Å². The summed E-state index contributed by atoms with van der Waals surface area (Å²) in [6.07, 6.45) is 5.41. The highest BCUT2D eigenvalue weighted by molar-refractivity contribution is 4.94. The van der Waals surface area contributed by atoms with E-state index in [1.54, 1.807) is 0 Å². The molecule has 1 aliphatic carbocycles. The predicted octanol–water partition coefficient (Wildman–Crippen LogP) is 1.74. The van der Waals surface area contributed by atoms with Gasteiger partial charge >= 0.3 is 0 Å². The summed E-state index contributed by atoms with van der Waals surface area (Å²) < 4.78 is 0. The average Bonchev–Trinajstić information content (AvgIpc) is 2.10. The van der Waals surface area contributed by atoms with Crippen molar-refractivity contribution >= 4 is 0 Å². The van der Waals surface area contributed by atoms with E-state index in [4.69, 9.17) is 11.5 Å². The van der Waals surface area contributed by atoms with Crippen molar-refractivity contribution in [1.29, 1.82) is 0 Å². The lowest BCUT2D eigenvalue weighted by Gasteiger charge is -2.49. The highest BCUT2D eigenvalue weighted by Gasteiger charge is 2.43. The summed E-state index contributed by atoms with van der Waals surface area (Å²) >= 11 is 0. The summed E-state index contributed by atoms with van der Waals surface area (Å²) in [5.74, 6) is 1.24. The molecule has 2 atom stereocenters. The van der Waals surface area contributed by atoms with Crippen molar-refractivity contribution in [2.75, 3.05) is 13.1 Å². The molecule has 0 spiro atoms. The number of hydrogen-bond acceptors (Lipinski definition) is 2. The molecule has 1 aliphatic rings. The predicted molar refractivity (Wildman–Crippen MR) is 57.3 cm³/mol. The molecule has 13 heavy (non-hydrogen) atoms. The Hall–Kier alpha value is -0.0800. The van der Waals surface area contributed by atoms with E-state index in [0.29, 0.717) is 17.3 Å². The van der Waals surface area contributed by atoms with E-state index < -0.39 is 0 Å². The molecular formula is C11H24N2. The monoisotopic (exact) mass is 184 g/mol. The summed E-state index contributed by atoms with van der Waals surface area (Å²) in [7, 11) is 0. The molecule has 0 aliphatic heterocycles. The van der Waals surface area contributed by atoms with E-state index >= 15 is 0 Å². The number of nitrogens with two attached hydrogens (primary N) is 2. The molecule has 1 rings (SSSR count). The van der Waals surface area contributed by atoms with Crippen molar-refractivity contribution in [3.63, 3.8) is 0 Å². The second-order valence-electron chi connectivity index (χ2n) is 4.62. The summed E-state index contributed by atoms with van der Waals surface area (Å²) in [6, 6.07) is 0. The van der Waals surface area contributed by atoms with Crippen molar-refractivity contribution in [3.8, 4) is 0 Å². The summed E-state index contributed by atoms with van der Waals surface area (Å²) in [5.41, 5.74) is 12.1. The third-order valence-electron chi connectivity index (χ3n) is 4.15. The first-order chi connectivity index (χ1) is 6.20. The Morgan fingerprint density at radius 3 is 2.08 bits per heavy atom. The van der Waals surface area contributed by atoms with E-state index in [2.05, 4.69) is 13.8 Å². The van der Waals surface area contributed by atoms with Crippen LogP contribution >= 0.6 is 0 Å². The van der Waals surface area contributed by atoms with Gasteiger partial charge in [0.2, 0.25) is 0 Å². The zero-order chi connectivity index (χ0) is 9.90. The van der Waals surface area contributed by atoms with Gasteiger partial charge < -0.3 is 11.5 Å². The third kappa shape index (κ3) is 1.89. The molecule has 0 heterocycles. The maximum absolute atomic E-state index is 5.86. The van der Waals surface area contributed by atoms with E-state index in [9.17, 15) is 0 Å². The highest BCUT2D eigenvalue weighted by atomic mass is 14.6. The van der Waals surface area contributed by atoms with Crippen LogP contribution in [0, 0.1) is 17.3 Å². The Morgan fingerprint density at radius 1 is 1.23 bits per heavy atom. The standard InChI is InChI=1S/C11H24N2/c1-3-11(5-4-6-11)10(8-13)9(2)7-12/h9-10H,3-8,12-13H2,1-2H3. The molecule has 1 saturated carbocycles. The van der Waals surface area contributed by atoms with Gasteiger partial charge in [-0.3, -0.25) is 0 Å². The fraction of sp³-hybridized carbons (Fsp3) is 1.00. The van der Waals surface area contributed by atoms with Crippen molar-refractivity contribution in [2.24, 2.45) is 28.7 Å². The van der Waals surface area contributed by atoms with Crippen molar-refractivity contribution in [3.05, 3.63) is 0 Å². The number of rotatable bonds is 5. The smallest absolute Gasteiger partial charge is 0.00405 e. The zero-order valence-electron chi connectivity index (χ0n) is 9.05. The molecule has 0 amide bonds. The van der Waals surface area contributed by atoms with Gasteiger partial charge in [-0.25, -0.2) is 0 Å². The van der Waals surface area contributed by atoms with Gasteiger partial charge in [0.05, 0.1) is 0 Å². The van der Waals surface area contributed by atoms with Crippen LogP contribution in [0.3, 0.4) is 0 Å². The quantitative estimate of drug-likeness (QED) is 0.684. The first-order valence-electron chi connectivity index (χ1n) is 5.60. The fourth-order valence-corrected chi connectivity index (χ4v) is 2.87. The van der Waals surface area contributed by atoms with Crippen LogP contribution in [0.25, 0.3) is 0 Å². The molecule has 0 aromatic carbocycles. The minimum atomic E-state index is 0.549. The van der Waals surface area contributed by atoms with Crippen molar-refractivity contribution in [2.45, 2.75) is 39.5 Å². The molecule has 2 heteroatoms. The molecule has 0 saturated heterocycles. The minimum Gasteiger partial charge on any atom is -0.330 e. The maximum atomic E-state index is 5.86. The SMILES string of the molecule is CCC1(C(CN)C(C)CN)CCC1. The molecule has 0 aromatic heterocycles. The summed E-state index contributed by atoms with van der Waals surface area (Å²) in [6.45, 7) is 6.13. The molecule has 78 valence electrons. The first kappa shape index (κ1) is 11.0. The molecule has 1 fully saturated rings. The third-order valence-corrected chi connectivity index (χ3v) is 4.15. The van der Waals surface area contributed by atoms with Crippen LogP contribution in [0.4, 0.5) is 0 Å². The average molecular weight is 184 g/mol. The summed E-state index contributed by atoms with van der Waals surface area (Å²) in [5, 5.41) is 0. The van der Waals surface area contributed by atoms with E-state index in [0.717, 1.165) is 13.1 Å². The van der Waals surface area contributed by atoms with Gasteiger partial charge in [0.25, 0.3) is 0 Å². The van der Waals surface area contributed by atoms with Crippen LogP contribution in [0.1, 0.15) is 39.5 Å². The van der Waals surface area contributed by atoms with Gasteiger partial charge in [0.1, 0.15) is 0 Å². The maximum Gasteiger partial charge on any atom is -0.00405 e. The zero-order valence-corrected chi connectivity index (χ0v) is 9.05. The molecule has 2 unspecified atom stereocenters. The van der Waals surface area contributed by atoms with Crippen LogP contribution in [0.2, 0.25) is 0 Å².